The first-order valence-electron chi connectivity index (χ1n) is 15.8. The molecule has 4 bridgehead atoms. The van der Waals surface area contributed by atoms with Crippen molar-refractivity contribution >= 4 is 20.4 Å². The second-order valence-corrected chi connectivity index (χ2v) is 19.0. The van der Waals surface area contributed by atoms with Crippen molar-refractivity contribution in [3.8, 4) is 0 Å². The van der Waals surface area contributed by atoms with Crippen LogP contribution < -0.4 is 0 Å². The first kappa shape index (κ1) is 29.5. The van der Waals surface area contributed by atoms with E-state index >= 15 is 8.78 Å². The Labute approximate surface area is 257 Å². The van der Waals surface area contributed by atoms with E-state index in [1.165, 1.54) is 19.3 Å². The van der Waals surface area contributed by atoms with Crippen LogP contribution >= 0.6 is 10.3 Å². The number of benzene rings is 3. The van der Waals surface area contributed by atoms with Crippen LogP contribution in [0.2, 0.25) is 0 Å². The van der Waals surface area contributed by atoms with Crippen molar-refractivity contribution in [2.75, 3.05) is 0 Å². The summed E-state index contributed by atoms with van der Waals surface area (Å²) in [6, 6.07) is 25.7. The summed E-state index contributed by atoms with van der Waals surface area (Å²) in [7, 11) is -8.40. The van der Waals surface area contributed by atoms with Crippen LogP contribution in [0.25, 0.3) is 0 Å². The van der Waals surface area contributed by atoms with Crippen molar-refractivity contribution in [2.24, 2.45) is 41.4 Å². The lowest BCUT2D eigenvalue weighted by molar-refractivity contribution is 0.0196. The molecule has 4 aliphatic carbocycles. The van der Waals surface area contributed by atoms with E-state index in [2.05, 4.69) is 20.8 Å². The zero-order chi connectivity index (χ0) is 30.2. The average molecular weight is 625 g/mol. The van der Waals surface area contributed by atoms with Gasteiger partial charge in [-0.25, -0.2) is 3.63 Å². The molecule has 4 saturated carbocycles. The minimum absolute atomic E-state index is 0.130. The molecule has 4 fully saturated rings. The van der Waals surface area contributed by atoms with E-state index in [-0.39, 0.29) is 17.3 Å². The molecule has 0 spiro atoms. The molecule has 3 nitrogen and oxygen atoms in total. The summed E-state index contributed by atoms with van der Waals surface area (Å²) >= 11 is 0. The van der Waals surface area contributed by atoms with Gasteiger partial charge in [0.2, 0.25) is 0 Å². The molecule has 43 heavy (non-hydrogen) atoms. The fourth-order valence-corrected chi connectivity index (χ4v) is 14.7. The largest absolute Gasteiger partial charge is 0.371 e. The Morgan fingerprint density at radius 2 is 1.23 bits per heavy atom. The lowest BCUT2D eigenvalue weighted by Crippen LogP contribution is -2.38. The van der Waals surface area contributed by atoms with Crippen LogP contribution in [0.1, 0.15) is 64.9 Å². The average Bonchev–Trinajstić information content (AvgIpc) is 3.77. The van der Waals surface area contributed by atoms with Crippen LogP contribution in [-0.4, -0.2) is 13.7 Å². The molecule has 3 aromatic rings. The molecule has 0 heterocycles. The fourth-order valence-electron chi connectivity index (χ4n) is 9.43. The summed E-state index contributed by atoms with van der Waals surface area (Å²) in [6.45, 7) is 6.31. The van der Waals surface area contributed by atoms with Crippen molar-refractivity contribution in [1.29, 1.82) is 0 Å². The van der Waals surface area contributed by atoms with Crippen molar-refractivity contribution in [3.63, 3.8) is 0 Å². The molecule has 0 aliphatic heterocycles. The Kier molecular flexibility index (Phi) is 7.14. The van der Waals surface area contributed by atoms with Crippen LogP contribution in [0.15, 0.2) is 99.6 Å². The van der Waals surface area contributed by atoms with Gasteiger partial charge in [0.1, 0.15) is 0 Å². The smallest absolute Gasteiger partial charge is 0.202 e. The second kappa shape index (κ2) is 10.4. The van der Waals surface area contributed by atoms with Gasteiger partial charge >= 0.3 is 15.4 Å². The monoisotopic (exact) mass is 624 g/mol. The van der Waals surface area contributed by atoms with E-state index in [4.69, 9.17) is 3.63 Å². The van der Waals surface area contributed by atoms with Gasteiger partial charge in [-0.15, -0.1) is 0 Å². The molecular formula is C36H42F2O3S2. The standard InChI is InChI=1S/C36H42F2O3S2/c1-35(2,3)28-16-18-31(19-17-28)42(29-10-6-4-7-11-29,30-12-8-5-9-13-30)41-43(39,40)36(37,38)23-27-21-26-22-32(27)34-25-15-14-24(20-25)33(26)34/h4-13,16-19,24-27,32-34H,14-15,20-23H2,1-3H3. The lowest BCUT2D eigenvalue weighted by Gasteiger charge is -2.41. The maximum absolute atomic E-state index is 16.3. The Hall–Kier alpha value is -2.22. The predicted octanol–water partition coefficient (Wildman–Crippen LogP) is 9.83. The summed E-state index contributed by atoms with van der Waals surface area (Å²) in [4.78, 5) is 1.70. The van der Waals surface area contributed by atoms with Crippen LogP contribution in [0.4, 0.5) is 8.78 Å². The molecule has 7 rings (SSSR count). The summed E-state index contributed by atoms with van der Waals surface area (Å²) in [6.07, 6.45) is 4.82. The molecule has 0 radical (unpaired) electrons. The van der Waals surface area contributed by atoms with E-state index in [9.17, 15) is 8.42 Å². The Morgan fingerprint density at radius 1 is 0.698 bits per heavy atom. The molecule has 0 N–H and O–H groups in total. The third kappa shape index (κ3) is 4.80. The van der Waals surface area contributed by atoms with E-state index in [1.54, 1.807) is 48.5 Å². The lowest BCUT2D eigenvalue weighted by atomic mass is 9.67. The molecule has 4 aliphatic rings. The van der Waals surface area contributed by atoms with Crippen LogP contribution in [0, 0.1) is 41.4 Å². The third-order valence-electron chi connectivity index (χ3n) is 11.1. The summed E-state index contributed by atoms with van der Waals surface area (Å²) < 4.78 is 66.7. The molecule has 3 aromatic carbocycles. The second-order valence-electron chi connectivity index (χ2n) is 14.5. The highest BCUT2D eigenvalue weighted by atomic mass is 32.3. The van der Waals surface area contributed by atoms with E-state index in [0.29, 0.717) is 38.4 Å². The number of fused-ring (bicyclic) bond motifs is 9. The highest BCUT2D eigenvalue weighted by Crippen LogP contribution is 2.72. The molecule has 230 valence electrons. The van der Waals surface area contributed by atoms with Crippen LogP contribution in [0.3, 0.4) is 0 Å². The van der Waals surface area contributed by atoms with Gasteiger partial charge in [-0.05, 0) is 131 Å². The van der Waals surface area contributed by atoms with Crippen LogP contribution in [-0.2, 0) is 19.2 Å². The molecular weight excluding hydrogens is 583 g/mol. The predicted molar refractivity (Wildman–Crippen MR) is 167 cm³/mol. The van der Waals surface area contributed by atoms with Gasteiger partial charge in [-0.2, -0.15) is 17.2 Å². The Balaban J connectivity index is 1.27. The van der Waals surface area contributed by atoms with Gasteiger partial charge in [0.15, 0.2) is 0 Å². The van der Waals surface area contributed by atoms with Crippen molar-refractivity contribution < 1.29 is 20.8 Å². The molecule has 7 heteroatoms. The molecule has 7 atom stereocenters. The van der Waals surface area contributed by atoms with Gasteiger partial charge in [-0.3, -0.25) is 0 Å². The topological polar surface area (TPSA) is 43.4 Å². The first-order chi connectivity index (χ1) is 20.4. The molecule has 0 aromatic heterocycles. The van der Waals surface area contributed by atoms with Gasteiger partial charge in [0.05, 0.1) is 0 Å². The zero-order valence-corrected chi connectivity index (χ0v) is 26.8. The van der Waals surface area contributed by atoms with Crippen LogP contribution in [0.5, 0.6) is 0 Å². The number of hydrogen-bond acceptors (Lipinski definition) is 3. The van der Waals surface area contributed by atoms with Crippen molar-refractivity contribution in [1.82, 2.24) is 0 Å². The Bertz CT molecular complexity index is 1530. The normalized spacial score (nSPS) is 30.5. The van der Waals surface area contributed by atoms with E-state index in [1.807, 2.05) is 36.4 Å². The van der Waals surface area contributed by atoms with Crippen molar-refractivity contribution in [3.05, 3.63) is 90.5 Å². The quantitative estimate of drug-likeness (QED) is 0.234. The van der Waals surface area contributed by atoms with Crippen molar-refractivity contribution in [2.45, 2.75) is 84.7 Å². The molecule has 0 amide bonds. The highest BCUT2D eigenvalue weighted by molar-refractivity contribution is 8.33. The minimum atomic E-state index is -5.33. The third-order valence-corrected chi connectivity index (χ3v) is 16.4. The fraction of sp³-hybridized carbons (Fsp3) is 0.500. The van der Waals surface area contributed by atoms with E-state index in [0.717, 1.165) is 24.3 Å². The number of alkyl halides is 2. The Morgan fingerprint density at radius 3 is 1.79 bits per heavy atom. The summed E-state index contributed by atoms with van der Waals surface area (Å²) in [5, 5.41) is -4.00. The SMILES string of the molecule is CC(C)(C)c1ccc(S(OS(=O)(=O)C(F)(F)CC2CC3CC2C2C4CCC(C4)C32)(c2ccccc2)c2ccccc2)cc1. The summed E-state index contributed by atoms with van der Waals surface area (Å²) in [5.41, 5.74) is 0.933. The zero-order valence-electron chi connectivity index (χ0n) is 25.2. The summed E-state index contributed by atoms with van der Waals surface area (Å²) in [5.74, 6) is 3.05. The maximum Gasteiger partial charge on any atom is 0.371 e. The van der Waals surface area contributed by atoms with Gasteiger partial charge < -0.3 is 0 Å². The highest BCUT2D eigenvalue weighted by Gasteiger charge is 2.64. The molecule has 0 saturated heterocycles. The van der Waals surface area contributed by atoms with Gasteiger partial charge in [-0.1, -0.05) is 69.3 Å². The molecule has 7 unspecified atom stereocenters. The van der Waals surface area contributed by atoms with Gasteiger partial charge in [0.25, 0.3) is 0 Å². The van der Waals surface area contributed by atoms with Gasteiger partial charge in [0, 0.05) is 21.1 Å². The number of hydrogen-bond donors (Lipinski definition) is 0. The minimum Gasteiger partial charge on any atom is -0.202 e. The van der Waals surface area contributed by atoms with E-state index < -0.39 is 32.1 Å². The maximum atomic E-state index is 16.3. The first-order valence-corrected chi connectivity index (χ1v) is 18.7. The number of halogens is 2. The number of rotatable bonds is 8.